The smallest absolute Gasteiger partial charge is 0.227 e. The predicted octanol–water partition coefficient (Wildman–Crippen LogP) is 14.5. The first kappa shape index (κ1) is 44.3. The zero-order valence-electron chi connectivity index (χ0n) is 31.7. The number of nitrogens with one attached hydrogen (secondary N) is 1. The molecular formula is C45H36Cl6N6O. The van der Waals surface area contributed by atoms with Crippen LogP contribution in [0, 0.1) is 22.7 Å². The summed E-state index contributed by atoms with van der Waals surface area (Å²) in [6.45, 7) is 6.99. The van der Waals surface area contributed by atoms with Crippen molar-refractivity contribution < 1.29 is 4.79 Å². The van der Waals surface area contributed by atoms with E-state index in [1.165, 1.54) is 0 Å². The lowest BCUT2D eigenvalue weighted by Crippen LogP contribution is -2.32. The van der Waals surface area contributed by atoms with E-state index < -0.39 is 0 Å². The van der Waals surface area contributed by atoms with Crippen LogP contribution in [0.2, 0.25) is 30.1 Å². The van der Waals surface area contributed by atoms with Gasteiger partial charge in [0.15, 0.2) is 5.82 Å². The summed E-state index contributed by atoms with van der Waals surface area (Å²) in [5.41, 5.74) is 6.65. The van der Waals surface area contributed by atoms with E-state index in [-0.39, 0.29) is 5.91 Å². The minimum atomic E-state index is -0.0988. The molecule has 6 rings (SSSR count). The fourth-order valence-electron chi connectivity index (χ4n) is 6.00. The molecule has 2 heterocycles. The Bertz CT molecular complexity index is 2510. The Kier molecular flexibility index (Phi) is 15.8. The summed E-state index contributed by atoms with van der Waals surface area (Å²) in [7, 11) is 0. The van der Waals surface area contributed by atoms with Crippen molar-refractivity contribution in [1.82, 2.24) is 9.97 Å². The number of carbonyl (C=O) groups excluding carboxylic acids is 1. The molecule has 0 aliphatic rings. The van der Waals surface area contributed by atoms with Crippen molar-refractivity contribution >= 4 is 87.1 Å². The molecule has 0 radical (unpaired) electrons. The first-order valence-electron chi connectivity index (χ1n) is 18.3. The number of carbonyl (C=O) groups is 1. The maximum absolute atomic E-state index is 12.6. The molecule has 2 aromatic heterocycles. The number of rotatable bonds is 11. The van der Waals surface area contributed by atoms with Crippen LogP contribution < -0.4 is 10.2 Å². The Labute approximate surface area is 368 Å². The number of aromatic nitrogens is 2. The van der Waals surface area contributed by atoms with Crippen LogP contribution >= 0.6 is 69.6 Å². The van der Waals surface area contributed by atoms with Gasteiger partial charge in [-0.2, -0.15) is 10.5 Å². The summed E-state index contributed by atoms with van der Waals surface area (Å²) in [5, 5.41) is 25.9. The Morgan fingerprint density at radius 1 is 0.603 bits per heavy atom. The quantitative estimate of drug-likeness (QED) is 0.139. The molecular weight excluding hydrogens is 853 g/mol. The second kappa shape index (κ2) is 20.7. The summed E-state index contributed by atoms with van der Waals surface area (Å²) >= 11 is 37.2. The van der Waals surface area contributed by atoms with Gasteiger partial charge in [0, 0.05) is 61.9 Å². The van der Waals surface area contributed by atoms with Gasteiger partial charge < -0.3 is 5.32 Å². The molecule has 1 amide bonds. The summed E-state index contributed by atoms with van der Waals surface area (Å²) in [5.74, 6) is 0.770. The van der Waals surface area contributed by atoms with Gasteiger partial charge in [-0.05, 0) is 96.8 Å². The van der Waals surface area contributed by atoms with Gasteiger partial charge in [-0.15, -0.1) is 0 Å². The van der Waals surface area contributed by atoms with Crippen molar-refractivity contribution in [3.63, 3.8) is 0 Å². The Hall–Kier alpha value is -4.83. The molecule has 1 N–H and O–H groups in total. The zero-order chi connectivity index (χ0) is 41.9. The fourth-order valence-corrected chi connectivity index (χ4v) is 7.25. The number of anilines is 2. The lowest BCUT2D eigenvalue weighted by atomic mass is 9.97. The first-order chi connectivity index (χ1) is 27.9. The van der Waals surface area contributed by atoms with E-state index in [4.69, 9.17) is 79.6 Å². The summed E-state index contributed by atoms with van der Waals surface area (Å²) in [4.78, 5) is 23.8. The van der Waals surface area contributed by atoms with Crippen molar-refractivity contribution in [3.05, 3.63) is 138 Å². The van der Waals surface area contributed by atoms with Crippen LogP contribution in [-0.2, 0) is 4.79 Å². The summed E-state index contributed by atoms with van der Waals surface area (Å²) < 4.78 is 0. The van der Waals surface area contributed by atoms with Gasteiger partial charge in [0.2, 0.25) is 5.91 Å². The van der Waals surface area contributed by atoms with Crippen LogP contribution in [0.1, 0.15) is 51.2 Å². The largest absolute Gasteiger partial charge is 0.369 e. The minimum absolute atomic E-state index is 0.0988. The van der Waals surface area contributed by atoms with E-state index in [9.17, 15) is 15.3 Å². The zero-order valence-corrected chi connectivity index (χ0v) is 36.2. The Morgan fingerprint density at radius 3 is 1.50 bits per heavy atom. The lowest BCUT2D eigenvalue weighted by Gasteiger charge is -2.24. The van der Waals surface area contributed by atoms with Crippen LogP contribution in [0.5, 0.6) is 0 Å². The van der Waals surface area contributed by atoms with E-state index in [0.29, 0.717) is 88.4 Å². The van der Waals surface area contributed by atoms with E-state index >= 15 is 0 Å². The highest BCUT2D eigenvalue weighted by Crippen LogP contribution is 2.40. The molecule has 4 aromatic carbocycles. The maximum atomic E-state index is 12.6. The number of benzene rings is 4. The van der Waals surface area contributed by atoms with Crippen molar-refractivity contribution in [2.24, 2.45) is 0 Å². The highest BCUT2D eigenvalue weighted by molar-refractivity contribution is 6.37. The normalized spacial score (nSPS) is 10.5. The third-order valence-electron chi connectivity index (χ3n) is 8.80. The third-order valence-corrected chi connectivity index (χ3v) is 10.4. The standard InChI is InChI=1S/C24H20Cl3N3O.C21H16Cl3N3/c1-3-11-30(22(31)4-2)24-16(14-28)12-20(15-5-7-17(25)8-6-15)23(29-24)19-10-9-18(26)13-21(19)27;1-2-9-26-21-14(12-25)10-18(13-3-5-15(22)6-4-13)20(27-21)17-8-7-16(23)11-19(17)24/h5-10,12-13H,3-4,11H2,1-2H3;3-8,10-11H,2,9H2,1H3,(H,26,27). The number of halogens is 6. The third kappa shape index (κ3) is 10.6. The Balaban J connectivity index is 0.000000223. The van der Waals surface area contributed by atoms with Crippen molar-refractivity contribution in [2.45, 2.75) is 40.0 Å². The van der Waals surface area contributed by atoms with Crippen LogP contribution in [-0.4, -0.2) is 29.0 Å². The highest BCUT2D eigenvalue weighted by atomic mass is 35.5. The molecule has 0 aliphatic heterocycles. The number of pyridine rings is 2. The van der Waals surface area contributed by atoms with Gasteiger partial charge in [0.1, 0.15) is 18.0 Å². The van der Waals surface area contributed by atoms with Crippen molar-refractivity contribution in [3.8, 4) is 56.9 Å². The average molecular weight is 890 g/mol. The van der Waals surface area contributed by atoms with Crippen LogP contribution in [0.15, 0.2) is 97.1 Å². The van der Waals surface area contributed by atoms with Gasteiger partial charge in [0.25, 0.3) is 0 Å². The van der Waals surface area contributed by atoms with E-state index in [1.807, 2.05) is 43.3 Å². The fraction of sp³-hybridized carbons (Fsp3) is 0.178. The van der Waals surface area contributed by atoms with Crippen molar-refractivity contribution in [1.29, 1.82) is 10.5 Å². The molecule has 0 aliphatic carbocycles. The second-order valence-corrected chi connectivity index (χ2v) is 15.4. The molecule has 0 unspecified atom stereocenters. The molecule has 6 aromatic rings. The monoisotopic (exact) mass is 886 g/mol. The second-order valence-electron chi connectivity index (χ2n) is 12.8. The van der Waals surface area contributed by atoms with Gasteiger partial charge in [0.05, 0.1) is 32.6 Å². The maximum Gasteiger partial charge on any atom is 0.227 e. The molecule has 7 nitrogen and oxygen atoms in total. The highest BCUT2D eigenvalue weighted by Gasteiger charge is 2.24. The molecule has 0 bridgehead atoms. The summed E-state index contributed by atoms with van der Waals surface area (Å²) in [6, 6.07) is 33.1. The SMILES string of the molecule is CCCN(C(=O)CC)c1nc(-c2ccc(Cl)cc2Cl)c(-c2ccc(Cl)cc2)cc1C#N.CCCNc1nc(-c2ccc(Cl)cc2Cl)c(-c2ccc(Cl)cc2)cc1C#N. The van der Waals surface area contributed by atoms with E-state index in [1.54, 1.807) is 72.5 Å². The van der Waals surface area contributed by atoms with E-state index in [2.05, 4.69) is 24.4 Å². The molecule has 0 fully saturated rings. The van der Waals surface area contributed by atoms with Gasteiger partial charge in [-0.1, -0.05) is 115 Å². The number of amides is 1. The van der Waals surface area contributed by atoms with Crippen LogP contribution in [0.25, 0.3) is 44.8 Å². The topological polar surface area (TPSA) is 106 Å². The molecule has 0 saturated heterocycles. The average Bonchev–Trinajstić information content (AvgIpc) is 3.22. The predicted molar refractivity (Wildman–Crippen MR) is 241 cm³/mol. The molecule has 0 atom stereocenters. The molecule has 13 heteroatoms. The van der Waals surface area contributed by atoms with Gasteiger partial charge >= 0.3 is 0 Å². The first-order valence-corrected chi connectivity index (χ1v) is 20.6. The van der Waals surface area contributed by atoms with Crippen LogP contribution in [0.3, 0.4) is 0 Å². The molecule has 294 valence electrons. The minimum Gasteiger partial charge on any atom is -0.369 e. The molecule has 0 spiro atoms. The molecule has 58 heavy (non-hydrogen) atoms. The molecule has 0 saturated carbocycles. The number of nitrogens with zero attached hydrogens (tertiary/aromatic N) is 5. The Morgan fingerprint density at radius 2 is 1.07 bits per heavy atom. The summed E-state index contributed by atoms with van der Waals surface area (Å²) in [6.07, 6.45) is 1.96. The number of nitriles is 2. The number of hydrogen-bond acceptors (Lipinski definition) is 6. The van der Waals surface area contributed by atoms with Gasteiger partial charge in [-0.3, -0.25) is 9.69 Å². The van der Waals surface area contributed by atoms with Crippen LogP contribution in [0.4, 0.5) is 11.6 Å². The van der Waals surface area contributed by atoms with Gasteiger partial charge in [-0.25, -0.2) is 9.97 Å². The van der Waals surface area contributed by atoms with E-state index in [0.717, 1.165) is 41.6 Å². The van der Waals surface area contributed by atoms with Crippen molar-refractivity contribution in [2.75, 3.05) is 23.3 Å². The lowest BCUT2D eigenvalue weighted by molar-refractivity contribution is -0.118. The number of hydrogen-bond donors (Lipinski definition) is 1.